The quantitative estimate of drug-likeness (QED) is 0.602. The van der Waals surface area contributed by atoms with Gasteiger partial charge in [-0.25, -0.2) is 4.31 Å². The van der Waals surface area contributed by atoms with Crippen molar-refractivity contribution in [3.8, 4) is 11.5 Å². The lowest BCUT2D eigenvalue weighted by molar-refractivity contribution is -0.120. The van der Waals surface area contributed by atoms with Crippen LogP contribution >= 0.6 is 0 Å². The van der Waals surface area contributed by atoms with E-state index in [1.165, 1.54) is 14.1 Å². The van der Waals surface area contributed by atoms with Gasteiger partial charge in [-0.3, -0.25) is 4.79 Å². The van der Waals surface area contributed by atoms with Crippen LogP contribution in [0, 0.1) is 13.8 Å². The molecule has 31 heavy (non-hydrogen) atoms. The third-order valence-corrected chi connectivity index (χ3v) is 6.43. The minimum Gasteiger partial charge on any atom is -0.497 e. The summed E-state index contributed by atoms with van der Waals surface area (Å²) >= 11 is 0. The van der Waals surface area contributed by atoms with Crippen LogP contribution in [0.15, 0.2) is 42.5 Å². The third kappa shape index (κ3) is 6.60. The maximum atomic E-state index is 12.9. The number of hydrogen-bond donors (Lipinski definition) is 1. The van der Waals surface area contributed by atoms with Gasteiger partial charge in [-0.1, -0.05) is 12.1 Å². The zero-order valence-corrected chi connectivity index (χ0v) is 19.7. The third-order valence-electron chi connectivity index (χ3n) is 4.63. The summed E-state index contributed by atoms with van der Waals surface area (Å²) in [4.78, 5) is 12.7. The SMILES string of the molecule is COc1ccc(OC[C@H](C)NC(=O)CN(c2cc(C)ccc2C)S(=O)(=O)N(C)C)cc1. The summed E-state index contributed by atoms with van der Waals surface area (Å²) in [7, 11) is 0.610. The molecule has 2 aromatic carbocycles. The van der Waals surface area contributed by atoms with Crippen molar-refractivity contribution in [1.29, 1.82) is 0 Å². The minimum atomic E-state index is -3.86. The number of aryl methyl sites for hydroxylation is 2. The van der Waals surface area contributed by atoms with E-state index in [0.29, 0.717) is 11.4 Å². The molecule has 170 valence electrons. The Morgan fingerprint density at radius 2 is 1.68 bits per heavy atom. The van der Waals surface area contributed by atoms with Gasteiger partial charge in [-0.05, 0) is 62.2 Å². The Kier molecular flexibility index (Phi) is 8.29. The normalized spacial score (nSPS) is 12.4. The van der Waals surface area contributed by atoms with E-state index in [9.17, 15) is 13.2 Å². The summed E-state index contributed by atoms with van der Waals surface area (Å²) in [5.41, 5.74) is 2.15. The van der Waals surface area contributed by atoms with Crippen LogP contribution in [-0.4, -0.2) is 59.0 Å². The number of amides is 1. The fourth-order valence-electron chi connectivity index (χ4n) is 2.86. The maximum Gasteiger partial charge on any atom is 0.304 e. The molecule has 0 aliphatic heterocycles. The summed E-state index contributed by atoms with van der Waals surface area (Å²) in [6, 6.07) is 12.3. The number of anilines is 1. The highest BCUT2D eigenvalue weighted by atomic mass is 32.2. The van der Waals surface area contributed by atoms with E-state index in [0.717, 1.165) is 25.5 Å². The van der Waals surface area contributed by atoms with E-state index in [1.54, 1.807) is 44.4 Å². The summed E-state index contributed by atoms with van der Waals surface area (Å²) in [5.74, 6) is 0.952. The van der Waals surface area contributed by atoms with Gasteiger partial charge in [0.05, 0.1) is 18.8 Å². The number of rotatable bonds is 10. The van der Waals surface area contributed by atoms with Crippen LogP contribution in [0.4, 0.5) is 5.69 Å². The van der Waals surface area contributed by atoms with E-state index in [1.807, 2.05) is 26.0 Å². The highest BCUT2D eigenvalue weighted by Crippen LogP contribution is 2.25. The zero-order valence-electron chi connectivity index (χ0n) is 18.9. The second-order valence-electron chi connectivity index (χ2n) is 7.54. The second kappa shape index (κ2) is 10.5. The molecular weight excluding hydrogens is 418 g/mol. The first kappa shape index (κ1) is 24.5. The Bertz CT molecular complexity index is 991. The number of methoxy groups -OCH3 is 1. The first-order chi connectivity index (χ1) is 14.5. The Balaban J connectivity index is 2.08. The van der Waals surface area contributed by atoms with Crippen molar-refractivity contribution in [2.45, 2.75) is 26.8 Å². The zero-order chi connectivity index (χ0) is 23.2. The van der Waals surface area contributed by atoms with Gasteiger partial charge >= 0.3 is 10.2 Å². The molecule has 9 heteroatoms. The molecule has 1 atom stereocenters. The smallest absolute Gasteiger partial charge is 0.304 e. The molecule has 2 aromatic rings. The lowest BCUT2D eigenvalue weighted by atomic mass is 10.1. The molecule has 0 aliphatic carbocycles. The minimum absolute atomic E-state index is 0.238. The van der Waals surface area contributed by atoms with Crippen molar-refractivity contribution < 1.29 is 22.7 Å². The maximum absolute atomic E-state index is 12.9. The van der Waals surface area contributed by atoms with Gasteiger partial charge in [0.15, 0.2) is 0 Å². The van der Waals surface area contributed by atoms with Gasteiger partial charge in [-0.15, -0.1) is 0 Å². The summed E-state index contributed by atoms with van der Waals surface area (Å²) < 4.78 is 38.9. The molecule has 1 amide bonds. The Hall–Kier alpha value is -2.78. The monoisotopic (exact) mass is 449 g/mol. The molecule has 0 aliphatic rings. The largest absolute Gasteiger partial charge is 0.497 e. The van der Waals surface area contributed by atoms with Crippen LogP contribution in [0.2, 0.25) is 0 Å². The second-order valence-corrected chi connectivity index (χ2v) is 9.61. The van der Waals surface area contributed by atoms with Crippen LogP contribution in [0.3, 0.4) is 0 Å². The first-order valence-corrected chi connectivity index (χ1v) is 11.3. The molecule has 0 spiro atoms. The number of nitrogens with one attached hydrogen (secondary N) is 1. The van der Waals surface area contributed by atoms with E-state index >= 15 is 0 Å². The van der Waals surface area contributed by atoms with Crippen molar-refractivity contribution in [3.63, 3.8) is 0 Å². The standard InChI is InChI=1S/C22H31N3O5S/c1-16-7-8-17(2)21(13-16)25(31(27,28)24(4)5)14-22(26)23-18(3)15-30-20-11-9-19(29-6)10-12-20/h7-13,18H,14-15H2,1-6H3,(H,23,26)/t18-/m0/s1. The number of nitrogens with zero attached hydrogens (tertiary/aromatic N) is 2. The van der Waals surface area contributed by atoms with Crippen molar-refractivity contribution >= 4 is 21.8 Å². The van der Waals surface area contributed by atoms with Crippen LogP contribution in [0.25, 0.3) is 0 Å². The van der Waals surface area contributed by atoms with E-state index < -0.39 is 16.1 Å². The molecule has 8 nitrogen and oxygen atoms in total. The number of carbonyl (C=O) groups excluding carboxylic acids is 1. The van der Waals surface area contributed by atoms with E-state index in [4.69, 9.17) is 9.47 Å². The van der Waals surface area contributed by atoms with Crippen molar-refractivity contribution in [2.24, 2.45) is 0 Å². The van der Waals surface area contributed by atoms with Crippen LogP contribution < -0.4 is 19.1 Å². The average Bonchev–Trinajstić information content (AvgIpc) is 2.72. The number of hydrogen-bond acceptors (Lipinski definition) is 5. The van der Waals surface area contributed by atoms with E-state index in [2.05, 4.69) is 5.32 Å². The molecule has 0 saturated carbocycles. The van der Waals surface area contributed by atoms with Crippen LogP contribution in [0.1, 0.15) is 18.1 Å². The van der Waals surface area contributed by atoms with Gasteiger partial charge in [0.2, 0.25) is 5.91 Å². The predicted octanol–water partition coefficient (Wildman–Crippen LogP) is 2.51. The lowest BCUT2D eigenvalue weighted by Crippen LogP contribution is -2.48. The summed E-state index contributed by atoms with van der Waals surface area (Å²) in [5, 5.41) is 2.80. The van der Waals surface area contributed by atoms with Crippen molar-refractivity contribution in [2.75, 3.05) is 38.7 Å². The Labute approximate surface area is 184 Å². The Morgan fingerprint density at radius 3 is 2.26 bits per heavy atom. The van der Waals surface area contributed by atoms with Gasteiger partial charge < -0.3 is 14.8 Å². The van der Waals surface area contributed by atoms with Crippen molar-refractivity contribution in [3.05, 3.63) is 53.6 Å². The molecular formula is C22H31N3O5S. The van der Waals surface area contributed by atoms with Crippen molar-refractivity contribution in [1.82, 2.24) is 9.62 Å². The van der Waals surface area contributed by atoms with Gasteiger partial charge in [0.1, 0.15) is 24.7 Å². The summed E-state index contributed by atoms with van der Waals surface area (Å²) in [6.45, 7) is 5.39. The molecule has 0 saturated heterocycles. The highest BCUT2D eigenvalue weighted by molar-refractivity contribution is 7.90. The van der Waals surface area contributed by atoms with Crippen LogP contribution in [0.5, 0.6) is 11.5 Å². The molecule has 0 aromatic heterocycles. The molecule has 2 rings (SSSR count). The molecule has 0 unspecified atom stereocenters. The average molecular weight is 450 g/mol. The highest BCUT2D eigenvalue weighted by Gasteiger charge is 2.28. The van der Waals surface area contributed by atoms with E-state index in [-0.39, 0.29) is 19.2 Å². The molecule has 1 N–H and O–H groups in total. The Morgan fingerprint density at radius 1 is 1.06 bits per heavy atom. The number of carbonyl (C=O) groups is 1. The molecule has 0 heterocycles. The lowest BCUT2D eigenvalue weighted by Gasteiger charge is -2.29. The first-order valence-electron chi connectivity index (χ1n) is 9.88. The van der Waals surface area contributed by atoms with Crippen LogP contribution in [-0.2, 0) is 15.0 Å². The van der Waals surface area contributed by atoms with Gasteiger partial charge in [0, 0.05) is 14.1 Å². The van der Waals surface area contributed by atoms with Gasteiger partial charge in [-0.2, -0.15) is 12.7 Å². The number of benzene rings is 2. The predicted molar refractivity (Wildman–Crippen MR) is 122 cm³/mol. The molecule has 0 fully saturated rings. The molecule has 0 bridgehead atoms. The fourth-order valence-corrected chi connectivity index (χ4v) is 3.98. The number of ether oxygens (including phenoxy) is 2. The molecule has 0 radical (unpaired) electrons. The fraction of sp³-hybridized carbons (Fsp3) is 0.409. The summed E-state index contributed by atoms with van der Waals surface area (Å²) in [6.07, 6.45) is 0. The topological polar surface area (TPSA) is 88.2 Å². The van der Waals surface area contributed by atoms with Gasteiger partial charge in [0.25, 0.3) is 0 Å².